The molecule has 0 bridgehead atoms. The molecule has 0 aliphatic carbocycles. The van der Waals surface area contributed by atoms with Crippen molar-refractivity contribution in [3.63, 3.8) is 0 Å². The third-order valence-corrected chi connectivity index (χ3v) is 10.2. The summed E-state index contributed by atoms with van der Waals surface area (Å²) in [5, 5.41) is 10.3. The van der Waals surface area contributed by atoms with Gasteiger partial charge in [0.2, 0.25) is 10.0 Å². The molecule has 14 heteroatoms. The predicted molar refractivity (Wildman–Crippen MR) is 142 cm³/mol. The van der Waals surface area contributed by atoms with Gasteiger partial charge in [-0.05, 0) is 53.4 Å². The third-order valence-electron chi connectivity index (χ3n) is 8.12. The molecule has 0 spiro atoms. The number of amides is 2. The highest BCUT2D eigenvalue weighted by Gasteiger charge is 2.48. The lowest BCUT2D eigenvalue weighted by Crippen LogP contribution is -2.62. The number of aromatic nitrogens is 4. The summed E-state index contributed by atoms with van der Waals surface area (Å²) in [4.78, 5) is 25.4. The monoisotopic (exact) mass is 564 g/mol. The molecule has 0 aromatic carbocycles. The van der Waals surface area contributed by atoms with Crippen molar-refractivity contribution in [2.45, 2.75) is 71.6 Å². The van der Waals surface area contributed by atoms with E-state index in [0.717, 1.165) is 30.3 Å². The van der Waals surface area contributed by atoms with E-state index in [4.69, 9.17) is 4.74 Å². The number of H-pyrrole nitrogens is 1. The molecule has 2 N–H and O–H groups in total. The van der Waals surface area contributed by atoms with Crippen LogP contribution in [0, 0.1) is 18.7 Å². The van der Waals surface area contributed by atoms with Crippen molar-refractivity contribution >= 4 is 27.7 Å². The summed E-state index contributed by atoms with van der Waals surface area (Å²) < 4.78 is 47.9. The standard InChI is InChI=1S/C25H37FN8O4S/c1-15-12-34(39(36,37)14-18-6-8-38-9-7-18)16(2)11-32(15)24(35)33-13-19-21(25(33,4)5)30-31-22(19)29-23-20(26)10-27-17(3)28-23/h10,15-16,18H,6-9,11-14H2,1-5H3,(H2,27,28,29,30,31)/t15-,16+/m0/s1. The van der Waals surface area contributed by atoms with Gasteiger partial charge in [-0.25, -0.2) is 27.6 Å². The highest BCUT2D eigenvalue weighted by molar-refractivity contribution is 7.89. The number of sulfonamides is 1. The first-order valence-corrected chi connectivity index (χ1v) is 15.0. The quantitative estimate of drug-likeness (QED) is 0.566. The van der Waals surface area contributed by atoms with Crippen LogP contribution >= 0.6 is 0 Å². The number of hydrogen-bond acceptors (Lipinski definition) is 8. The fraction of sp³-hybridized carbons (Fsp3) is 0.680. The predicted octanol–water partition coefficient (Wildman–Crippen LogP) is 2.71. The molecule has 2 saturated heterocycles. The molecule has 12 nitrogen and oxygen atoms in total. The Morgan fingerprint density at radius 2 is 1.92 bits per heavy atom. The number of ether oxygens (including phenoxy) is 1. The average molecular weight is 565 g/mol. The van der Waals surface area contributed by atoms with Gasteiger partial charge in [0.1, 0.15) is 5.82 Å². The van der Waals surface area contributed by atoms with Crippen LogP contribution in [0.3, 0.4) is 0 Å². The SMILES string of the molecule is Cc1ncc(F)c(Nc2n[nH]c3c2CN(C(=O)N2C[C@@H](C)N(S(=O)(=O)CC4CCOCC4)C[C@@H]2C)C3(C)C)n1. The maximum absolute atomic E-state index is 14.3. The first-order valence-electron chi connectivity index (χ1n) is 13.4. The van der Waals surface area contributed by atoms with Crippen LogP contribution in [0.5, 0.6) is 0 Å². The smallest absolute Gasteiger partial charge is 0.321 e. The van der Waals surface area contributed by atoms with Gasteiger partial charge in [0.05, 0.1) is 29.7 Å². The van der Waals surface area contributed by atoms with Crippen LogP contribution in [0.4, 0.5) is 20.8 Å². The number of aromatic amines is 1. The van der Waals surface area contributed by atoms with E-state index >= 15 is 0 Å². The van der Waals surface area contributed by atoms with Gasteiger partial charge in [-0.2, -0.15) is 9.40 Å². The number of piperazine rings is 1. The Labute approximate surface area is 228 Å². The minimum absolute atomic E-state index is 0.0138. The zero-order chi connectivity index (χ0) is 28.1. The molecule has 0 saturated carbocycles. The first-order chi connectivity index (χ1) is 18.4. The number of nitrogens with one attached hydrogen (secondary N) is 2. The Balaban J connectivity index is 1.30. The number of nitrogens with zero attached hydrogens (tertiary/aromatic N) is 6. The second-order valence-electron chi connectivity index (χ2n) is 11.3. The number of rotatable bonds is 5. The third kappa shape index (κ3) is 5.21. The highest BCUT2D eigenvalue weighted by Crippen LogP contribution is 2.42. The zero-order valence-corrected chi connectivity index (χ0v) is 23.9. The summed E-state index contributed by atoms with van der Waals surface area (Å²) in [5.41, 5.74) is 0.791. The Bertz CT molecular complexity index is 1340. The van der Waals surface area contributed by atoms with Crippen molar-refractivity contribution in [3.05, 3.63) is 29.1 Å². The first kappa shape index (κ1) is 27.7. The van der Waals surface area contributed by atoms with E-state index in [0.29, 0.717) is 31.4 Å². The van der Waals surface area contributed by atoms with Crippen molar-refractivity contribution in [3.8, 4) is 0 Å². The van der Waals surface area contributed by atoms with Crippen molar-refractivity contribution in [2.24, 2.45) is 5.92 Å². The van der Waals surface area contributed by atoms with Gasteiger partial charge in [-0.3, -0.25) is 5.10 Å². The molecule has 0 unspecified atom stereocenters. The fourth-order valence-corrected chi connectivity index (χ4v) is 7.97. The van der Waals surface area contributed by atoms with Gasteiger partial charge >= 0.3 is 6.03 Å². The summed E-state index contributed by atoms with van der Waals surface area (Å²) in [6, 6.07) is -0.830. The van der Waals surface area contributed by atoms with Gasteiger partial charge in [-0.15, -0.1) is 0 Å². The molecule has 5 heterocycles. The van der Waals surface area contributed by atoms with Crippen molar-refractivity contribution in [2.75, 3.05) is 37.4 Å². The van der Waals surface area contributed by atoms with E-state index in [1.165, 1.54) is 0 Å². The normalized spacial score (nSPS) is 24.2. The second kappa shape index (κ2) is 10.3. The average Bonchev–Trinajstić information content (AvgIpc) is 3.40. The minimum Gasteiger partial charge on any atom is -0.381 e. The molecule has 2 amide bonds. The number of halogens is 1. The molecule has 0 radical (unpaired) electrons. The number of hydrogen-bond donors (Lipinski definition) is 2. The fourth-order valence-electron chi connectivity index (χ4n) is 5.79. The number of aryl methyl sites for hydroxylation is 1. The number of fused-ring (bicyclic) bond motifs is 1. The Morgan fingerprint density at radius 1 is 1.21 bits per heavy atom. The van der Waals surface area contributed by atoms with E-state index < -0.39 is 21.4 Å². The molecular weight excluding hydrogens is 527 g/mol. The maximum Gasteiger partial charge on any atom is 0.321 e. The number of carbonyl (C=O) groups excluding carboxylic acids is 1. The van der Waals surface area contributed by atoms with Crippen LogP contribution < -0.4 is 5.32 Å². The summed E-state index contributed by atoms with van der Waals surface area (Å²) in [6.07, 6.45) is 2.60. The van der Waals surface area contributed by atoms with Gasteiger partial charge in [0.15, 0.2) is 17.5 Å². The molecule has 3 aliphatic rings. The van der Waals surface area contributed by atoms with Gasteiger partial charge in [0, 0.05) is 44.0 Å². The summed E-state index contributed by atoms with van der Waals surface area (Å²) in [6.45, 7) is 11.3. The van der Waals surface area contributed by atoms with Gasteiger partial charge in [-0.1, -0.05) is 0 Å². The van der Waals surface area contributed by atoms with Gasteiger partial charge < -0.3 is 19.9 Å². The lowest BCUT2D eigenvalue weighted by molar-refractivity contribution is 0.0603. The van der Waals surface area contributed by atoms with Crippen LogP contribution in [0.1, 0.15) is 57.6 Å². The number of anilines is 2. The highest BCUT2D eigenvalue weighted by atomic mass is 32.2. The van der Waals surface area contributed by atoms with E-state index in [2.05, 4.69) is 25.5 Å². The lowest BCUT2D eigenvalue weighted by Gasteiger charge is -2.46. The Kier molecular flexibility index (Phi) is 7.31. The number of urea groups is 1. The topological polar surface area (TPSA) is 137 Å². The van der Waals surface area contributed by atoms with Crippen molar-refractivity contribution in [1.29, 1.82) is 0 Å². The van der Waals surface area contributed by atoms with Crippen LogP contribution in [0.2, 0.25) is 0 Å². The lowest BCUT2D eigenvalue weighted by atomic mass is 10.0. The van der Waals surface area contributed by atoms with E-state index in [-0.39, 0.29) is 48.7 Å². The Hall–Kier alpha value is -2.84. The minimum atomic E-state index is -3.47. The summed E-state index contributed by atoms with van der Waals surface area (Å²) in [5.74, 6) is 0.442. The molecule has 2 atom stereocenters. The molecule has 39 heavy (non-hydrogen) atoms. The largest absolute Gasteiger partial charge is 0.381 e. The van der Waals surface area contributed by atoms with Crippen LogP contribution in [0.15, 0.2) is 6.20 Å². The van der Waals surface area contributed by atoms with E-state index in [1.807, 2.05) is 27.7 Å². The Morgan fingerprint density at radius 3 is 2.64 bits per heavy atom. The molecule has 2 aromatic rings. The molecule has 2 aromatic heterocycles. The van der Waals surface area contributed by atoms with E-state index in [1.54, 1.807) is 21.0 Å². The molecule has 3 aliphatic heterocycles. The van der Waals surface area contributed by atoms with Crippen LogP contribution in [0.25, 0.3) is 0 Å². The van der Waals surface area contributed by atoms with Crippen LogP contribution in [-0.2, 0) is 26.8 Å². The zero-order valence-electron chi connectivity index (χ0n) is 23.1. The van der Waals surface area contributed by atoms with Crippen LogP contribution in [-0.4, -0.2) is 92.9 Å². The molecule has 5 rings (SSSR count). The van der Waals surface area contributed by atoms with Crippen molar-refractivity contribution in [1.82, 2.24) is 34.3 Å². The number of carbonyl (C=O) groups is 1. The molecule has 2 fully saturated rings. The molecule has 214 valence electrons. The summed E-state index contributed by atoms with van der Waals surface area (Å²) >= 11 is 0. The maximum atomic E-state index is 14.3. The van der Waals surface area contributed by atoms with Gasteiger partial charge in [0.25, 0.3) is 0 Å². The van der Waals surface area contributed by atoms with Crippen molar-refractivity contribution < 1.29 is 22.3 Å². The second-order valence-corrected chi connectivity index (χ2v) is 13.3. The molecular formula is C25H37FN8O4S. The van der Waals surface area contributed by atoms with E-state index in [9.17, 15) is 17.6 Å². The summed E-state index contributed by atoms with van der Waals surface area (Å²) in [7, 11) is -3.47.